The summed E-state index contributed by atoms with van der Waals surface area (Å²) in [6.45, 7) is 17.9. The molecule has 46 unspecified atom stereocenters. The van der Waals surface area contributed by atoms with E-state index in [9.17, 15) is 117 Å². The number of hydrogen-bond acceptors (Lipinski definition) is 41. The molecular formula is C84H134O41. The molecule has 0 amide bonds. The lowest BCUT2D eigenvalue weighted by atomic mass is 9.33. The Bertz CT molecular complexity index is 3700. The number of hydrogen-bond donors (Lipinski definition) is 22. The van der Waals surface area contributed by atoms with Crippen molar-refractivity contribution in [3.8, 4) is 0 Å². The maximum Gasteiger partial charge on any atom is 0.333 e. The molecule has 12 fully saturated rings. The van der Waals surface area contributed by atoms with Crippen LogP contribution in [0, 0.1) is 50.2 Å². The average Bonchev–Trinajstić information content (AvgIpc) is 0.669. The molecule has 13 aliphatic rings. The second-order valence-electron chi connectivity index (χ2n) is 39.2. The molecule has 0 aromatic carbocycles. The fourth-order valence-electron chi connectivity index (χ4n) is 22.5. The molecule has 4 saturated carbocycles. The molecule has 0 radical (unpaired) electrons. The van der Waals surface area contributed by atoms with Crippen LogP contribution < -0.4 is 0 Å². The van der Waals surface area contributed by atoms with E-state index in [1.54, 1.807) is 0 Å². The molecule has 0 aromatic rings. The molecule has 8 saturated heterocycles. The first-order valence-corrected chi connectivity index (χ1v) is 43.6. The van der Waals surface area contributed by atoms with Crippen molar-refractivity contribution in [3.05, 3.63) is 36.0 Å². The number of aliphatic hydroxyl groups excluding tert-OH is 21. The number of aliphatic hydroxyl groups is 22. The predicted molar refractivity (Wildman–Crippen MR) is 417 cm³/mol. The molecule has 5 aliphatic carbocycles. The van der Waals surface area contributed by atoms with Gasteiger partial charge in [0.15, 0.2) is 56.2 Å². The number of allylic oxidation sites excluding steroid dienone is 3. The van der Waals surface area contributed by atoms with Crippen LogP contribution in [0.15, 0.2) is 36.0 Å². The van der Waals surface area contributed by atoms with Crippen molar-refractivity contribution < 1.29 is 202 Å². The van der Waals surface area contributed by atoms with Crippen LogP contribution in [0.1, 0.15) is 140 Å². The van der Waals surface area contributed by atoms with E-state index in [0.29, 0.717) is 44.9 Å². The lowest BCUT2D eigenvalue weighted by molar-refractivity contribution is -0.383. The first-order valence-electron chi connectivity index (χ1n) is 43.6. The van der Waals surface area contributed by atoms with Crippen molar-refractivity contribution in [2.45, 2.75) is 379 Å². The number of esters is 2. The molecule has 125 heavy (non-hydrogen) atoms. The largest absolute Gasteiger partial charge is 0.453 e. The third kappa shape index (κ3) is 18.7. The topological polar surface area (TPSA) is 636 Å². The maximum atomic E-state index is 16.0. The van der Waals surface area contributed by atoms with Gasteiger partial charge in [-0.1, -0.05) is 72.3 Å². The normalized spacial score (nSPS) is 51.2. The van der Waals surface area contributed by atoms with Gasteiger partial charge in [-0.15, -0.1) is 6.58 Å². The highest BCUT2D eigenvalue weighted by atomic mass is 16.8. The second-order valence-corrected chi connectivity index (χ2v) is 39.2. The van der Waals surface area contributed by atoms with Gasteiger partial charge in [0, 0.05) is 5.57 Å². The summed E-state index contributed by atoms with van der Waals surface area (Å²) in [5.74, 6) is -2.67. The molecule has 13 rings (SSSR count). The summed E-state index contributed by atoms with van der Waals surface area (Å²) in [6.07, 6.45) is -56.6. The summed E-state index contributed by atoms with van der Waals surface area (Å²) < 4.78 is 102. The van der Waals surface area contributed by atoms with Crippen LogP contribution in [0.3, 0.4) is 0 Å². The number of carbonyl (C=O) groups excluding carboxylic acids is 2. The van der Waals surface area contributed by atoms with Gasteiger partial charge in [0.25, 0.3) is 0 Å². The van der Waals surface area contributed by atoms with Gasteiger partial charge in [-0.3, -0.25) is 4.79 Å². The Morgan fingerprint density at radius 2 is 0.992 bits per heavy atom. The lowest BCUT2D eigenvalue weighted by Crippen LogP contribution is -2.68. The van der Waals surface area contributed by atoms with E-state index in [1.165, 1.54) is 32.9 Å². The highest BCUT2D eigenvalue weighted by Gasteiger charge is 2.73. The van der Waals surface area contributed by atoms with Crippen molar-refractivity contribution in [3.63, 3.8) is 0 Å². The zero-order valence-electron chi connectivity index (χ0n) is 71.9. The molecule has 46 atom stereocenters. The van der Waals surface area contributed by atoms with E-state index < -0.39 is 336 Å². The van der Waals surface area contributed by atoms with Crippen LogP contribution in [0.25, 0.3) is 0 Å². The summed E-state index contributed by atoms with van der Waals surface area (Å²) in [5.41, 5.74) is -4.78. The van der Waals surface area contributed by atoms with Gasteiger partial charge >= 0.3 is 11.9 Å². The summed E-state index contributed by atoms with van der Waals surface area (Å²) >= 11 is 0. The third-order valence-electron chi connectivity index (χ3n) is 30.4. The molecule has 0 bridgehead atoms. The number of carbonyl (C=O) groups is 2. The molecule has 22 N–H and O–H groups in total. The first kappa shape index (κ1) is 99.2. The Morgan fingerprint density at radius 3 is 1.65 bits per heavy atom. The highest BCUT2D eigenvalue weighted by Crippen LogP contribution is 2.76. The van der Waals surface area contributed by atoms with Crippen LogP contribution >= 0.6 is 0 Å². The number of rotatable bonds is 25. The summed E-state index contributed by atoms with van der Waals surface area (Å²) in [5, 5.41) is 245. The van der Waals surface area contributed by atoms with Crippen molar-refractivity contribution in [2.75, 3.05) is 46.2 Å². The SMILES string of the molecule is C=CC(C)(O)CCC=C(C)C(=O)OC1C(OC2OCC(OC3OC(CO)C(O)C(O)C3O)C(OC3OCC(O)C(OC4OC(C)C(O)C(O)C4O)C3O)C2O)COC(OC(=O)C23CCC(C)(C)CC2C2=CCC4C5(C)CCC(OC6OC(CO)C(OC7OC(CO)C(O)C(OC8OCC(O)C(O)C8O)C7O)C(O)C6O)C(C)(C)C5CCC4(C)C2(C)CC3O)C1O. The van der Waals surface area contributed by atoms with Gasteiger partial charge in [-0.05, 0) is 136 Å². The fourth-order valence-corrected chi connectivity index (χ4v) is 22.5. The Kier molecular flexibility index (Phi) is 30.6. The molecule has 0 aromatic heterocycles. The van der Waals surface area contributed by atoms with Gasteiger partial charge in [-0.2, -0.15) is 0 Å². The fraction of sp³-hybridized carbons (Fsp3) is 0.905. The maximum absolute atomic E-state index is 16.0. The summed E-state index contributed by atoms with van der Waals surface area (Å²) in [6, 6.07) is 0. The van der Waals surface area contributed by atoms with Crippen molar-refractivity contribution in [2.24, 2.45) is 50.2 Å². The van der Waals surface area contributed by atoms with Crippen LogP contribution in [-0.4, -0.2) is 410 Å². The Labute approximate surface area is 723 Å². The van der Waals surface area contributed by atoms with Crippen molar-refractivity contribution in [1.29, 1.82) is 0 Å². The molecular weight excluding hydrogens is 1660 g/mol. The first-order chi connectivity index (χ1) is 58.7. The molecule has 41 heteroatoms. The van der Waals surface area contributed by atoms with Crippen LogP contribution in [0.4, 0.5) is 0 Å². The quantitative estimate of drug-likeness (QED) is 0.0175. The van der Waals surface area contributed by atoms with E-state index in [-0.39, 0.29) is 43.1 Å². The zero-order valence-corrected chi connectivity index (χ0v) is 71.9. The molecule has 0 spiro atoms. The molecule has 8 heterocycles. The highest BCUT2D eigenvalue weighted by molar-refractivity contribution is 5.88. The minimum absolute atomic E-state index is 0.0145. The minimum Gasteiger partial charge on any atom is -0.453 e. The molecule has 8 aliphatic heterocycles. The monoisotopic (exact) mass is 1800 g/mol. The standard InChI is InChI=1S/C84H134O41/c1-12-80(8,108)19-13-14-33(2)68(106)120-65-42(117-70-61(104)66(43(32-111-70)118-74-57(100)53(96)50(93)39(26-85)114-74)122-71-59(102)63(38(89)30-110-71)121-73-56(99)52(95)48(91)34(3)113-73)31-112-72(60(65)103)125-77(107)84-23-22-78(4,5)24-36(84)35-15-16-45-81(9)20-18-47(79(6,7)44(81)17-21-82(45,10)83(35,11)25-46(84)90)119-75-58(101)54(97)64(41(28-87)116-75)123-76-62(105)67(51(94)40(27-86)115-76)124-69-55(98)49(92)37(88)29-109-69/h12,14-15,34,36-67,69-76,85-105,108H,1,13,16-32H2,2-11H3. The molecule has 41 nitrogen and oxygen atoms in total. The van der Waals surface area contributed by atoms with Gasteiger partial charge in [-0.25, -0.2) is 4.79 Å². The van der Waals surface area contributed by atoms with E-state index in [0.717, 1.165) is 5.57 Å². The second kappa shape index (κ2) is 38.6. The van der Waals surface area contributed by atoms with E-state index >= 15 is 4.79 Å². The average molecular weight is 1800 g/mol. The van der Waals surface area contributed by atoms with E-state index in [2.05, 4.69) is 61.1 Å². The van der Waals surface area contributed by atoms with Gasteiger partial charge < -0.3 is 193 Å². The Balaban J connectivity index is 0.719. The third-order valence-corrected chi connectivity index (χ3v) is 30.4. The van der Waals surface area contributed by atoms with Gasteiger partial charge in [0.05, 0.1) is 70.2 Å². The Morgan fingerprint density at radius 1 is 0.488 bits per heavy atom. The Hall–Kier alpha value is -3.32. The van der Waals surface area contributed by atoms with Gasteiger partial charge in [0.1, 0.15) is 158 Å². The van der Waals surface area contributed by atoms with E-state index in [4.69, 9.17) is 80.5 Å². The van der Waals surface area contributed by atoms with Crippen LogP contribution in [0.2, 0.25) is 0 Å². The number of ether oxygens (including phenoxy) is 17. The van der Waals surface area contributed by atoms with E-state index in [1.807, 2.05) is 0 Å². The van der Waals surface area contributed by atoms with Crippen LogP contribution in [-0.2, 0) is 90.1 Å². The van der Waals surface area contributed by atoms with Crippen molar-refractivity contribution in [1.82, 2.24) is 0 Å². The van der Waals surface area contributed by atoms with Gasteiger partial charge in [0.2, 0.25) is 6.29 Å². The number of fused-ring (bicyclic) bond motifs is 7. The minimum atomic E-state index is -2.15. The smallest absolute Gasteiger partial charge is 0.333 e. The zero-order chi connectivity index (χ0) is 91.4. The lowest BCUT2D eigenvalue weighted by Gasteiger charge is -2.71. The summed E-state index contributed by atoms with van der Waals surface area (Å²) in [4.78, 5) is 30.4. The molecule has 716 valence electrons. The predicted octanol–water partition coefficient (Wildman–Crippen LogP) is -5.97. The van der Waals surface area contributed by atoms with Crippen LogP contribution in [0.5, 0.6) is 0 Å². The summed E-state index contributed by atoms with van der Waals surface area (Å²) in [7, 11) is 0. The van der Waals surface area contributed by atoms with Crippen molar-refractivity contribution >= 4 is 11.9 Å².